The number of fused-ring (bicyclic) bond motifs is 3. The van der Waals surface area contributed by atoms with Crippen molar-refractivity contribution >= 4 is 5.71 Å². The lowest BCUT2D eigenvalue weighted by atomic mass is 9.77. The lowest BCUT2D eigenvalue weighted by Crippen LogP contribution is -2.32. The molecule has 2 aliphatic rings. The molecular weight excluding hydrogens is 290 g/mol. The number of aromatic hydroxyl groups is 1. The van der Waals surface area contributed by atoms with Crippen LogP contribution in [0.3, 0.4) is 0 Å². The van der Waals surface area contributed by atoms with E-state index in [1.807, 2.05) is 6.07 Å². The Kier molecular flexibility index (Phi) is 4.26. The predicted octanol–water partition coefficient (Wildman–Crippen LogP) is 4.72. The average molecular weight is 317 g/mol. The van der Waals surface area contributed by atoms with Gasteiger partial charge in [0, 0.05) is 11.5 Å². The zero-order chi connectivity index (χ0) is 16.6. The van der Waals surface area contributed by atoms with E-state index in [0.717, 1.165) is 55.4 Å². The highest BCUT2D eigenvalue weighted by Gasteiger charge is 2.42. The molecule has 23 heavy (non-hydrogen) atoms. The molecule has 0 bridgehead atoms. The Bertz CT molecular complexity index is 621. The number of hydrogen-bond acceptors (Lipinski definition) is 4. The van der Waals surface area contributed by atoms with Crippen molar-refractivity contribution in [3.05, 3.63) is 23.3 Å². The molecular formula is C19H27NO3. The Morgan fingerprint density at radius 3 is 2.83 bits per heavy atom. The summed E-state index contributed by atoms with van der Waals surface area (Å²) >= 11 is 0. The molecule has 2 unspecified atom stereocenters. The van der Waals surface area contributed by atoms with E-state index in [1.165, 1.54) is 0 Å². The second-order valence-corrected chi connectivity index (χ2v) is 7.52. The zero-order valence-electron chi connectivity index (χ0n) is 14.3. The van der Waals surface area contributed by atoms with Gasteiger partial charge in [-0.3, -0.25) is 0 Å². The second kappa shape index (κ2) is 6.06. The molecule has 126 valence electrons. The van der Waals surface area contributed by atoms with Crippen LogP contribution in [0, 0.1) is 0 Å². The summed E-state index contributed by atoms with van der Waals surface area (Å²) in [5.41, 5.74) is 2.71. The van der Waals surface area contributed by atoms with E-state index in [-0.39, 0.29) is 17.4 Å². The van der Waals surface area contributed by atoms with E-state index in [1.54, 1.807) is 0 Å². The van der Waals surface area contributed by atoms with Gasteiger partial charge < -0.3 is 15.1 Å². The molecule has 0 radical (unpaired) electrons. The van der Waals surface area contributed by atoms with Gasteiger partial charge in [0.15, 0.2) is 0 Å². The number of benzene rings is 1. The number of nitrogens with zero attached hydrogens (tertiary/aromatic N) is 1. The lowest BCUT2D eigenvalue weighted by molar-refractivity contribution is 0.236. The molecule has 4 heteroatoms. The number of oxime groups is 1. The van der Waals surface area contributed by atoms with Crippen molar-refractivity contribution in [1.29, 1.82) is 0 Å². The van der Waals surface area contributed by atoms with E-state index in [4.69, 9.17) is 4.74 Å². The van der Waals surface area contributed by atoms with Gasteiger partial charge in [-0.25, -0.2) is 0 Å². The molecule has 0 spiro atoms. The van der Waals surface area contributed by atoms with E-state index in [9.17, 15) is 10.3 Å². The summed E-state index contributed by atoms with van der Waals surface area (Å²) in [6.07, 6.45) is 5.88. The number of phenolic OH excluding ortho intramolecular Hbond substituents is 1. The van der Waals surface area contributed by atoms with E-state index in [2.05, 4.69) is 32.0 Å². The third kappa shape index (κ3) is 2.79. The highest BCUT2D eigenvalue weighted by molar-refractivity contribution is 5.91. The summed E-state index contributed by atoms with van der Waals surface area (Å²) in [5, 5.41) is 23.3. The third-order valence-corrected chi connectivity index (χ3v) is 5.45. The fourth-order valence-electron chi connectivity index (χ4n) is 3.95. The van der Waals surface area contributed by atoms with Crippen molar-refractivity contribution in [2.24, 2.45) is 5.16 Å². The number of phenols is 1. The molecule has 1 aliphatic carbocycles. The van der Waals surface area contributed by atoms with E-state index < -0.39 is 0 Å². The standard InChI is InChI=1S/C19H27NO3/c1-4-5-9-19(2,3)12-10-15(21)17-13-7-6-8-14(20-22)18(13)23-16(17)11-12/h10-11,13,18,21-22H,4-9H2,1-3H3/b20-14-. The molecule has 2 N–H and O–H groups in total. The van der Waals surface area contributed by atoms with Crippen molar-refractivity contribution < 1.29 is 15.1 Å². The van der Waals surface area contributed by atoms with Crippen LogP contribution in [0.15, 0.2) is 17.3 Å². The van der Waals surface area contributed by atoms with Gasteiger partial charge in [-0.1, -0.05) is 38.8 Å². The van der Waals surface area contributed by atoms with Gasteiger partial charge in [0.05, 0.1) is 5.71 Å². The van der Waals surface area contributed by atoms with Crippen molar-refractivity contribution in [2.75, 3.05) is 0 Å². The van der Waals surface area contributed by atoms with Crippen LogP contribution in [0.1, 0.15) is 76.3 Å². The van der Waals surface area contributed by atoms with Crippen LogP contribution >= 0.6 is 0 Å². The monoisotopic (exact) mass is 317 g/mol. The zero-order valence-corrected chi connectivity index (χ0v) is 14.3. The number of ether oxygens (including phenoxy) is 1. The summed E-state index contributed by atoms with van der Waals surface area (Å²) in [7, 11) is 0. The fourth-order valence-corrected chi connectivity index (χ4v) is 3.95. The minimum atomic E-state index is -0.219. The fraction of sp³-hybridized carbons (Fsp3) is 0.632. The molecule has 0 amide bonds. The minimum Gasteiger partial charge on any atom is -0.508 e. The van der Waals surface area contributed by atoms with Gasteiger partial charge >= 0.3 is 0 Å². The molecule has 0 saturated heterocycles. The van der Waals surface area contributed by atoms with Gasteiger partial charge in [-0.2, -0.15) is 0 Å². The lowest BCUT2D eigenvalue weighted by Gasteiger charge is -2.26. The smallest absolute Gasteiger partial charge is 0.147 e. The van der Waals surface area contributed by atoms with Gasteiger partial charge in [0.25, 0.3) is 0 Å². The van der Waals surface area contributed by atoms with Crippen LogP contribution < -0.4 is 4.74 Å². The molecule has 0 aromatic heterocycles. The first-order chi connectivity index (χ1) is 11.0. The number of hydrogen-bond donors (Lipinski definition) is 2. The third-order valence-electron chi connectivity index (χ3n) is 5.45. The van der Waals surface area contributed by atoms with Gasteiger partial charge in [0.1, 0.15) is 17.6 Å². The Morgan fingerprint density at radius 1 is 1.35 bits per heavy atom. The first-order valence-corrected chi connectivity index (χ1v) is 8.72. The molecule has 1 aromatic carbocycles. The maximum Gasteiger partial charge on any atom is 0.147 e. The second-order valence-electron chi connectivity index (χ2n) is 7.52. The average Bonchev–Trinajstić information content (AvgIpc) is 2.91. The largest absolute Gasteiger partial charge is 0.508 e. The minimum absolute atomic E-state index is 0.00748. The molecule has 1 fully saturated rings. The summed E-state index contributed by atoms with van der Waals surface area (Å²) < 4.78 is 6.08. The Hall–Kier alpha value is -1.71. The molecule has 4 nitrogen and oxygen atoms in total. The Morgan fingerprint density at radius 2 is 2.13 bits per heavy atom. The first kappa shape index (κ1) is 16.2. The van der Waals surface area contributed by atoms with Crippen molar-refractivity contribution in [3.63, 3.8) is 0 Å². The van der Waals surface area contributed by atoms with Gasteiger partial charge in [-0.15, -0.1) is 0 Å². The molecule has 1 saturated carbocycles. The predicted molar refractivity (Wildman–Crippen MR) is 90.9 cm³/mol. The maximum atomic E-state index is 10.6. The molecule has 2 atom stereocenters. The Labute approximate surface area is 138 Å². The van der Waals surface area contributed by atoms with Gasteiger partial charge in [-0.05, 0) is 48.8 Å². The first-order valence-electron chi connectivity index (χ1n) is 8.72. The molecule has 1 heterocycles. The number of unbranched alkanes of at least 4 members (excludes halogenated alkanes) is 1. The normalized spacial score (nSPS) is 25.1. The highest BCUT2D eigenvalue weighted by atomic mass is 16.5. The summed E-state index contributed by atoms with van der Waals surface area (Å²) in [5.74, 6) is 1.20. The van der Waals surface area contributed by atoms with Crippen molar-refractivity contribution in [1.82, 2.24) is 0 Å². The van der Waals surface area contributed by atoms with E-state index in [0.29, 0.717) is 11.5 Å². The van der Waals surface area contributed by atoms with Gasteiger partial charge in [0.2, 0.25) is 0 Å². The number of rotatable bonds is 4. The van der Waals surface area contributed by atoms with Crippen LogP contribution in [0.4, 0.5) is 0 Å². The van der Waals surface area contributed by atoms with Crippen LogP contribution in [0.25, 0.3) is 0 Å². The van der Waals surface area contributed by atoms with Crippen LogP contribution in [0.2, 0.25) is 0 Å². The molecule has 1 aromatic rings. The van der Waals surface area contributed by atoms with Crippen molar-refractivity contribution in [2.45, 2.75) is 76.7 Å². The highest BCUT2D eigenvalue weighted by Crippen LogP contribution is 2.50. The maximum absolute atomic E-state index is 10.6. The van der Waals surface area contributed by atoms with Crippen LogP contribution in [-0.2, 0) is 5.41 Å². The van der Waals surface area contributed by atoms with Crippen molar-refractivity contribution in [3.8, 4) is 11.5 Å². The summed E-state index contributed by atoms with van der Waals surface area (Å²) in [4.78, 5) is 0. The summed E-state index contributed by atoms with van der Waals surface area (Å²) in [6, 6.07) is 3.99. The van der Waals surface area contributed by atoms with E-state index >= 15 is 0 Å². The quantitative estimate of drug-likeness (QED) is 0.624. The SMILES string of the molecule is CCCCC(C)(C)c1cc(O)c2c(c1)OC1/C(=N\O)CCCC21. The molecule has 3 rings (SSSR count). The molecule has 1 aliphatic heterocycles. The van der Waals surface area contributed by atoms with Crippen LogP contribution in [-0.4, -0.2) is 22.1 Å². The summed E-state index contributed by atoms with van der Waals surface area (Å²) in [6.45, 7) is 6.62. The topological polar surface area (TPSA) is 62.0 Å². The Balaban J connectivity index is 1.96. The van der Waals surface area contributed by atoms with Crippen LogP contribution in [0.5, 0.6) is 11.5 Å².